The smallest absolute Gasteiger partial charge is 0.271 e. The molecule has 1 unspecified atom stereocenters. The number of aromatic nitrogens is 2. The Morgan fingerprint density at radius 1 is 1.03 bits per heavy atom. The molecule has 1 saturated heterocycles. The molecule has 2 heterocycles. The van der Waals surface area contributed by atoms with Crippen molar-refractivity contribution in [2.45, 2.75) is 12.8 Å². The van der Waals surface area contributed by atoms with Gasteiger partial charge in [-0.15, -0.1) is 5.10 Å². The summed E-state index contributed by atoms with van der Waals surface area (Å²) in [6, 6.07) is 11.7. The van der Waals surface area contributed by atoms with E-state index in [0.29, 0.717) is 37.4 Å². The van der Waals surface area contributed by atoms with Crippen molar-refractivity contribution in [2.24, 2.45) is 5.92 Å². The largest absolute Gasteiger partial charge is 0.354 e. The molecule has 2 aromatic carbocycles. The van der Waals surface area contributed by atoms with Gasteiger partial charge in [-0.1, -0.05) is 6.07 Å². The Morgan fingerprint density at radius 3 is 2.65 bits per heavy atom. The Hall–Kier alpha value is -3.62. The van der Waals surface area contributed by atoms with Crippen LogP contribution in [0.5, 0.6) is 0 Å². The van der Waals surface area contributed by atoms with Crippen molar-refractivity contribution in [1.82, 2.24) is 9.78 Å². The summed E-state index contributed by atoms with van der Waals surface area (Å²) in [4.78, 5) is 26.7. The molecule has 0 bridgehead atoms. The predicted molar refractivity (Wildman–Crippen MR) is 110 cm³/mol. The van der Waals surface area contributed by atoms with Crippen LogP contribution in [0.3, 0.4) is 0 Å². The highest BCUT2D eigenvalue weighted by Crippen LogP contribution is 2.23. The van der Waals surface area contributed by atoms with E-state index in [9.17, 15) is 22.8 Å². The first-order valence-corrected chi connectivity index (χ1v) is 9.78. The summed E-state index contributed by atoms with van der Waals surface area (Å²) in [7, 11) is 0. The molecule has 0 saturated carbocycles. The van der Waals surface area contributed by atoms with E-state index in [0.717, 1.165) is 16.8 Å². The minimum atomic E-state index is -1.04. The maximum absolute atomic E-state index is 13.6. The number of hydrogen-bond acceptors (Lipinski definition) is 4. The number of carbonyl (C=O) groups excluding carboxylic acids is 1. The molecular formula is C22H19F3N4O2. The molecule has 1 atom stereocenters. The van der Waals surface area contributed by atoms with Crippen LogP contribution in [0.25, 0.3) is 5.69 Å². The predicted octanol–water partition coefficient (Wildman–Crippen LogP) is 3.50. The summed E-state index contributed by atoms with van der Waals surface area (Å²) in [5.41, 5.74) is 0.0780. The zero-order valence-electron chi connectivity index (χ0n) is 16.4. The maximum atomic E-state index is 13.6. The molecule has 1 N–H and O–H groups in total. The summed E-state index contributed by atoms with van der Waals surface area (Å²) in [6.07, 6.45) is 1.33. The number of benzene rings is 2. The molecule has 6 nitrogen and oxygen atoms in total. The van der Waals surface area contributed by atoms with Gasteiger partial charge in [0, 0.05) is 30.9 Å². The van der Waals surface area contributed by atoms with Crippen LogP contribution in [0.2, 0.25) is 0 Å². The number of hydrogen-bond donors (Lipinski definition) is 1. The Labute approximate surface area is 175 Å². The van der Waals surface area contributed by atoms with Gasteiger partial charge < -0.3 is 10.2 Å². The zero-order chi connectivity index (χ0) is 22.0. The Balaban J connectivity index is 1.52. The lowest BCUT2D eigenvalue weighted by Crippen LogP contribution is -2.41. The monoisotopic (exact) mass is 428 g/mol. The number of nitrogens with zero attached hydrogens (tertiary/aromatic N) is 3. The first-order chi connectivity index (χ1) is 14.9. The molecule has 160 valence electrons. The normalized spacial score (nSPS) is 16.2. The minimum absolute atomic E-state index is 0.179. The third-order valence-electron chi connectivity index (χ3n) is 5.14. The SMILES string of the molecule is O=C(Nc1ccc(F)c(F)c1)C1CCCN(c2ccc(=O)n(-c3cccc(F)c3)n2)C1. The number of amides is 1. The van der Waals surface area contributed by atoms with Gasteiger partial charge in [0.1, 0.15) is 11.6 Å². The van der Waals surface area contributed by atoms with E-state index in [-0.39, 0.29) is 11.6 Å². The van der Waals surface area contributed by atoms with Crippen molar-refractivity contribution < 1.29 is 18.0 Å². The average Bonchev–Trinajstić information content (AvgIpc) is 2.77. The molecule has 1 aliphatic heterocycles. The Kier molecular flexibility index (Phi) is 5.75. The number of rotatable bonds is 4. The minimum Gasteiger partial charge on any atom is -0.354 e. The maximum Gasteiger partial charge on any atom is 0.271 e. The van der Waals surface area contributed by atoms with Gasteiger partial charge in [-0.25, -0.2) is 13.2 Å². The van der Waals surface area contributed by atoms with Gasteiger partial charge in [-0.05, 0) is 49.2 Å². The fourth-order valence-electron chi connectivity index (χ4n) is 3.58. The number of nitrogens with one attached hydrogen (secondary N) is 1. The fraction of sp³-hybridized carbons (Fsp3) is 0.227. The van der Waals surface area contributed by atoms with Gasteiger partial charge in [0.25, 0.3) is 5.56 Å². The van der Waals surface area contributed by atoms with Crippen LogP contribution in [-0.4, -0.2) is 28.8 Å². The number of carbonyl (C=O) groups is 1. The second-order valence-electron chi connectivity index (χ2n) is 7.32. The van der Waals surface area contributed by atoms with Crippen molar-refractivity contribution in [3.63, 3.8) is 0 Å². The van der Waals surface area contributed by atoms with Crippen molar-refractivity contribution in [1.29, 1.82) is 0 Å². The van der Waals surface area contributed by atoms with Crippen LogP contribution in [-0.2, 0) is 4.79 Å². The second kappa shape index (κ2) is 8.63. The highest BCUT2D eigenvalue weighted by atomic mass is 19.2. The first-order valence-electron chi connectivity index (χ1n) is 9.78. The molecule has 0 spiro atoms. The van der Waals surface area contributed by atoms with E-state index in [1.165, 1.54) is 30.3 Å². The lowest BCUT2D eigenvalue weighted by molar-refractivity contribution is -0.120. The van der Waals surface area contributed by atoms with Crippen molar-refractivity contribution in [2.75, 3.05) is 23.3 Å². The lowest BCUT2D eigenvalue weighted by atomic mass is 9.97. The Morgan fingerprint density at radius 2 is 1.87 bits per heavy atom. The number of anilines is 2. The van der Waals surface area contributed by atoms with Gasteiger partial charge in [-0.3, -0.25) is 9.59 Å². The van der Waals surface area contributed by atoms with E-state index < -0.39 is 28.9 Å². The van der Waals surface area contributed by atoms with Gasteiger partial charge in [-0.2, -0.15) is 4.68 Å². The molecule has 4 rings (SSSR count). The topological polar surface area (TPSA) is 67.2 Å². The van der Waals surface area contributed by atoms with Crippen LogP contribution >= 0.6 is 0 Å². The third-order valence-corrected chi connectivity index (χ3v) is 5.14. The van der Waals surface area contributed by atoms with Crippen molar-refractivity contribution >= 4 is 17.4 Å². The Bertz CT molecular complexity index is 1180. The zero-order valence-corrected chi connectivity index (χ0v) is 16.4. The summed E-state index contributed by atoms with van der Waals surface area (Å²) >= 11 is 0. The van der Waals surface area contributed by atoms with Gasteiger partial charge in [0.05, 0.1) is 11.6 Å². The number of piperidine rings is 1. The molecule has 0 radical (unpaired) electrons. The highest BCUT2D eigenvalue weighted by molar-refractivity contribution is 5.93. The van der Waals surface area contributed by atoms with Crippen molar-refractivity contribution in [3.8, 4) is 5.69 Å². The van der Waals surface area contributed by atoms with Crippen LogP contribution < -0.4 is 15.8 Å². The third kappa shape index (κ3) is 4.60. The second-order valence-corrected chi connectivity index (χ2v) is 7.32. The molecule has 1 aliphatic rings. The van der Waals surface area contributed by atoms with E-state index in [1.54, 1.807) is 12.1 Å². The van der Waals surface area contributed by atoms with Crippen LogP contribution in [0.1, 0.15) is 12.8 Å². The van der Waals surface area contributed by atoms with Crippen LogP contribution in [0.4, 0.5) is 24.7 Å². The molecule has 31 heavy (non-hydrogen) atoms. The highest BCUT2D eigenvalue weighted by Gasteiger charge is 2.27. The fourth-order valence-corrected chi connectivity index (χ4v) is 3.58. The standard InChI is InChI=1S/C22H19F3N4O2/c23-15-4-1-5-17(11-15)29-21(30)9-8-20(27-29)28-10-2-3-14(13-28)22(31)26-16-6-7-18(24)19(25)12-16/h1,4-9,11-12,14H,2-3,10,13H2,(H,26,31). The lowest BCUT2D eigenvalue weighted by Gasteiger charge is -2.32. The molecule has 0 aliphatic carbocycles. The van der Waals surface area contributed by atoms with E-state index >= 15 is 0 Å². The number of halogens is 3. The molecule has 3 aromatic rings. The van der Waals surface area contributed by atoms with Crippen molar-refractivity contribution in [3.05, 3.63) is 82.4 Å². The summed E-state index contributed by atoms with van der Waals surface area (Å²) in [6.45, 7) is 0.965. The molecule has 9 heteroatoms. The van der Waals surface area contributed by atoms with Gasteiger partial charge in [0.2, 0.25) is 5.91 Å². The quantitative estimate of drug-likeness (QED) is 0.691. The van der Waals surface area contributed by atoms with E-state index in [2.05, 4.69) is 10.4 Å². The van der Waals surface area contributed by atoms with E-state index in [1.807, 2.05) is 4.90 Å². The summed E-state index contributed by atoms with van der Waals surface area (Å²) < 4.78 is 41.2. The van der Waals surface area contributed by atoms with Gasteiger partial charge in [0.15, 0.2) is 11.6 Å². The summed E-state index contributed by atoms with van der Waals surface area (Å²) in [5, 5.41) is 6.96. The summed E-state index contributed by atoms with van der Waals surface area (Å²) in [5.74, 6) is -2.74. The van der Waals surface area contributed by atoms with Gasteiger partial charge >= 0.3 is 0 Å². The molecule has 1 amide bonds. The molecule has 1 fully saturated rings. The van der Waals surface area contributed by atoms with E-state index in [4.69, 9.17) is 0 Å². The molecular weight excluding hydrogens is 409 g/mol. The average molecular weight is 428 g/mol. The van der Waals surface area contributed by atoms with Crippen LogP contribution in [0, 0.1) is 23.4 Å². The molecule has 1 aromatic heterocycles. The first kappa shape index (κ1) is 20.6. The van der Waals surface area contributed by atoms with Crippen LogP contribution in [0.15, 0.2) is 59.4 Å².